The van der Waals surface area contributed by atoms with Gasteiger partial charge >= 0.3 is 0 Å². The highest BCUT2D eigenvalue weighted by Gasteiger charge is 2.48. The Hall–Kier alpha value is 0.607. The Balaban J connectivity index is 1.75. The second-order valence-corrected chi connectivity index (χ2v) is 20.0. The minimum atomic E-state index is -2.25. The van der Waals surface area contributed by atoms with Crippen LogP contribution in [0.3, 0.4) is 0 Å². The van der Waals surface area contributed by atoms with Crippen molar-refractivity contribution in [2.24, 2.45) is 0 Å². The first kappa shape index (κ1) is 31.1. The van der Waals surface area contributed by atoms with Crippen LogP contribution in [0.4, 0.5) is 0 Å². The van der Waals surface area contributed by atoms with E-state index >= 15 is 0 Å². The van der Waals surface area contributed by atoms with E-state index in [9.17, 15) is 4.79 Å². The molecule has 1 aliphatic rings. The Bertz CT molecular complexity index is 1030. The van der Waals surface area contributed by atoms with Crippen LogP contribution < -0.4 is 9.47 Å². The summed E-state index contributed by atoms with van der Waals surface area (Å²) in [6.07, 6.45) is 0.478. The van der Waals surface area contributed by atoms with Gasteiger partial charge in [-0.3, -0.25) is 4.79 Å². The molecule has 1 fully saturated rings. The van der Waals surface area contributed by atoms with E-state index in [-0.39, 0.29) is 18.5 Å². The number of epoxide rings is 1. The lowest BCUT2D eigenvalue weighted by Crippen LogP contribution is -2.49. The van der Waals surface area contributed by atoms with E-state index < -0.39 is 8.32 Å². The van der Waals surface area contributed by atoms with Gasteiger partial charge in [0.2, 0.25) is 0 Å². The van der Waals surface area contributed by atoms with Gasteiger partial charge in [0.1, 0.15) is 24.2 Å². The SMILES string of the molecule is CC(C)[Si](OC(=O)Cc1cc(I)c(Oc2cc(I)c(OCC3CO3)c(I)c2)c(I)c1)(C(C)C)C(C)C. The summed E-state index contributed by atoms with van der Waals surface area (Å²) in [4.78, 5) is 13.1. The molecule has 5 nitrogen and oxygen atoms in total. The predicted octanol–water partition coefficient (Wildman–Crippen LogP) is 8.94. The monoisotopic (exact) mass is 960 g/mol. The number of hydrogen-bond donors (Lipinski definition) is 0. The number of halogens is 4. The molecular formula is C26H32I4O5Si. The third-order valence-electron chi connectivity index (χ3n) is 6.41. The molecule has 1 heterocycles. The van der Waals surface area contributed by atoms with Crippen LogP contribution in [0.1, 0.15) is 47.1 Å². The molecule has 3 rings (SSSR count). The molecule has 0 N–H and O–H groups in total. The molecule has 10 heteroatoms. The molecule has 0 bridgehead atoms. The smallest absolute Gasteiger partial charge is 0.296 e. The van der Waals surface area contributed by atoms with Gasteiger partial charge in [0.25, 0.3) is 14.3 Å². The van der Waals surface area contributed by atoms with Crippen LogP contribution in [-0.2, 0) is 20.4 Å². The molecule has 1 atom stereocenters. The number of rotatable bonds is 11. The Morgan fingerprint density at radius 2 is 1.36 bits per heavy atom. The van der Waals surface area contributed by atoms with Gasteiger partial charge in [-0.15, -0.1) is 0 Å². The number of benzene rings is 2. The Kier molecular flexibility index (Phi) is 11.5. The van der Waals surface area contributed by atoms with Crippen LogP contribution in [0.5, 0.6) is 17.2 Å². The minimum Gasteiger partial charge on any atom is -0.518 e. The summed E-state index contributed by atoms with van der Waals surface area (Å²) in [7, 11) is -2.25. The van der Waals surface area contributed by atoms with Crippen molar-refractivity contribution in [3.63, 3.8) is 0 Å². The van der Waals surface area contributed by atoms with Gasteiger partial charge in [-0.1, -0.05) is 41.5 Å². The van der Waals surface area contributed by atoms with Crippen LogP contribution in [0.15, 0.2) is 24.3 Å². The topological polar surface area (TPSA) is 57.3 Å². The number of ether oxygens (including phenoxy) is 3. The molecule has 0 aliphatic carbocycles. The third kappa shape index (κ3) is 7.62. The van der Waals surface area contributed by atoms with E-state index in [1.165, 1.54) is 0 Å². The van der Waals surface area contributed by atoms with Gasteiger partial charge < -0.3 is 18.6 Å². The van der Waals surface area contributed by atoms with E-state index in [4.69, 9.17) is 18.6 Å². The van der Waals surface area contributed by atoms with E-state index in [1.54, 1.807) is 0 Å². The summed E-state index contributed by atoms with van der Waals surface area (Å²) in [5, 5.41) is 0. The summed E-state index contributed by atoms with van der Waals surface area (Å²) < 4.78 is 27.7. The van der Waals surface area contributed by atoms with Crippen LogP contribution >= 0.6 is 90.4 Å². The van der Waals surface area contributed by atoms with Crippen LogP contribution in [0.2, 0.25) is 16.6 Å². The Morgan fingerprint density at radius 1 is 0.889 bits per heavy atom. The fourth-order valence-corrected chi connectivity index (χ4v) is 14.1. The van der Waals surface area contributed by atoms with E-state index in [2.05, 4.69) is 132 Å². The molecule has 1 saturated heterocycles. The average Bonchev–Trinajstić information content (AvgIpc) is 3.57. The van der Waals surface area contributed by atoms with Crippen molar-refractivity contribution in [1.82, 2.24) is 0 Å². The predicted molar refractivity (Wildman–Crippen MR) is 180 cm³/mol. The highest BCUT2D eigenvalue weighted by Crippen LogP contribution is 2.43. The third-order valence-corrected chi connectivity index (χ3v) is 15.6. The van der Waals surface area contributed by atoms with Gasteiger partial charge in [-0.05, 0) is 137 Å². The molecule has 0 spiro atoms. The molecule has 0 saturated carbocycles. The lowest BCUT2D eigenvalue weighted by atomic mass is 10.1. The minimum absolute atomic E-state index is 0.130. The quantitative estimate of drug-likeness (QED) is 0.128. The Labute approximate surface area is 270 Å². The standard InChI is InChI=1S/C26H32I4O5Si/c1-14(2)36(15(3)4,16(5)6)35-24(31)9-17-7-20(27)26(21(28)8-17)34-18-10-22(29)25(23(30)11-18)33-13-19-12-32-19/h7-8,10-11,14-16,19H,9,12-13H2,1-6H3. The van der Waals surface area contributed by atoms with E-state index in [0.717, 1.165) is 43.7 Å². The largest absolute Gasteiger partial charge is 0.518 e. The maximum absolute atomic E-state index is 13.1. The van der Waals surface area contributed by atoms with Crippen LogP contribution in [0, 0.1) is 14.3 Å². The molecule has 0 amide bonds. The molecular weight excluding hydrogens is 928 g/mol. The maximum Gasteiger partial charge on any atom is 0.296 e. The fourth-order valence-electron chi connectivity index (χ4n) is 4.76. The zero-order valence-corrected chi connectivity index (χ0v) is 30.9. The normalized spacial score (nSPS) is 15.5. The molecule has 0 radical (unpaired) electrons. The van der Waals surface area contributed by atoms with Gasteiger partial charge in [-0.2, -0.15) is 0 Å². The maximum atomic E-state index is 13.1. The van der Waals surface area contributed by atoms with Crippen molar-refractivity contribution in [3.05, 3.63) is 44.1 Å². The highest BCUT2D eigenvalue weighted by molar-refractivity contribution is 14.1. The van der Waals surface area contributed by atoms with E-state index in [0.29, 0.717) is 23.2 Å². The molecule has 1 unspecified atom stereocenters. The second kappa shape index (κ2) is 13.3. The van der Waals surface area contributed by atoms with Crippen molar-refractivity contribution in [3.8, 4) is 17.2 Å². The van der Waals surface area contributed by atoms with Gasteiger partial charge in [0.15, 0.2) is 5.75 Å². The molecule has 2 aromatic rings. The van der Waals surface area contributed by atoms with Crippen molar-refractivity contribution in [1.29, 1.82) is 0 Å². The van der Waals surface area contributed by atoms with Crippen molar-refractivity contribution >= 4 is 105 Å². The zero-order chi connectivity index (χ0) is 26.8. The van der Waals surface area contributed by atoms with Gasteiger partial charge in [-0.25, -0.2) is 0 Å². The fraction of sp³-hybridized carbons (Fsp3) is 0.500. The molecule has 198 valence electrons. The first-order valence-corrected chi connectivity index (χ1v) is 18.4. The van der Waals surface area contributed by atoms with Gasteiger partial charge in [0.05, 0.1) is 27.3 Å². The van der Waals surface area contributed by atoms with Crippen LogP contribution in [-0.4, -0.2) is 33.6 Å². The molecule has 0 aromatic heterocycles. The lowest BCUT2D eigenvalue weighted by molar-refractivity contribution is -0.135. The Morgan fingerprint density at radius 3 is 1.81 bits per heavy atom. The van der Waals surface area contributed by atoms with Crippen molar-refractivity contribution in [2.75, 3.05) is 13.2 Å². The number of hydrogen-bond acceptors (Lipinski definition) is 5. The second-order valence-electron chi connectivity index (χ2n) is 9.94. The van der Waals surface area contributed by atoms with Gasteiger partial charge in [0, 0.05) is 0 Å². The van der Waals surface area contributed by atoms with Crippen LogP contribution in [0.25, 0.3) is 0 Å². The number of carbonyl (C=O) groups excluding carboxylic acids is 1. The summed E-state index contributed by atoms with van der Waals surface area (Å²) >= 11 is 9.12. The average molecular weight is 960 g/mol. The summed E-state index contributed by atoms with van der Waals surface area (Å²) in [6, 6.07) is 8.01. The number of carbonyl (C=O) groups is 1. The molecule has 1 aliphatic heterocycles. The first-order valence-electron chi connectivity index (χ1n) is 12.0. The van der Waals surface area contributed by atoms with Crippen molar-refractivity contribution < 1.29 is 23.4 Å². The summed E-state index contributed by atoms with van der Waals surface area (Å²) in [5.41, 5.74) is 2.03. The zero-order valence-electron chi connectivity index (χ0n) is 21.3. The molecule has 2 aromatic carbocycles. The van der Waals surface area contributed by atoms with E-state index in [1.807, 2.05) is 24.3 Å². The van der Waals surface area contributed by atoms with Crippen molar-refractivity contribution in [2.45, 2.75) is 70.7 Å². The lowest BCUT2D eigenvalue weighted by Gasteiger charge is -2.41. The summed E-state index contributed by atoms with van der Waals surface area (Å²) in [5.74, 6) is 2.27. The summed E-state index contributed by atoms with van der Waals surface area (Å²) in [6.45, 7) is 14.5. The molecule has 36 heavy (non-hydrogen) atoms. The highest BCUT2D eigenvalue weighted by atomic mass is 127. The first-order chi connectivity index (χ1) is 16.8.